The standard InChI is InChI=1S/C10H16N2O2/c1-2-3-4-11-9-10(13)12-5-7-14-8-6-12/h1,11H,3-9H2. The van der Waals surface area contributed by atoms with Gasteiger partial charge in [-0.1, -0.05) is 0 Å². The molecule has 0 aromatic heterocycles. The molecule has 1 fully saturated rings. The highest BCUT2D eigenvalue weighted by Gasteiger charge is 2.15. The molecule has 0 unspecified atom stereocenters. The third kappa shape index (κ3) is 3.77. The Balaban J connectivity index is 2.11. The molecule has 1 saturated heterocycles. The van der Waals surface area contributed by atoms with Crippen LogP contribution in [0, 0.1) is 12.3 Å². The monoisotopic (exact) mass is 196 g/mol. The molecule has 1 aliphatic heterocycles. The normalized spacial score (nSPS) is 16.4. The molecule has 1 amide bonds. The fourth-order valence-electron chi connectivity index (χ4n) is 1.28. The van der Waals surface area contributed by atoms with Gasteiger partial charge in [0.25, 0.3) is 0 Å². The van der Waals surface area contributed by atoms with Crippen LogP contribution in [-0.4, -0.2) is 50.2 Å². The van der Waals surface area contributed by atoms with Crippen molar-refractivity contribution in [3.63, 3.8) is 0 Å². The predicted octanol–water partition coefficient (Wildman–Crippen LogP) is -0.542. The second kappa shape index (κ2) is 6.41. The zero-order valence-electron chi connectivity index (χ0n) is 8.29. The van der Waals surface area contributed by atoms with E-state index in [-0.39, 0.29) is 5.91 Å². The average Bonchev–Trinajstić information content (AvgIpc) is 2.25. The molecule has 0 atom stereocenters. The van der Waals surface area contributed by atoms with Crippen LogP contribution in [0.1, 0.15) is 6.42 Å². The third-order valence-corrected chi connectivity index (χ3v) is 2.09. The number of carbonyl (C=O) groups excluding carboxylic acids is 1. The first kappa shape index (κ1) is 11.0. The number of ether oxygens (including phenoxy) is 1. The first-order valence-electron chi connectivity index (χ1n) is 4.84. The second-order valence-corrected chi connectivity index (χ2v) is 3.12. The van der Waals surface area contributed by atoms with Crippen LogP contribution in [-0.2, 0) is 9.53 Å². The summed E-state index contributed by atoms with van der Waals surface area (Å²) in [5.74, 6) is 2.64. The van der Waals surface area contributed by atoms with Crippen LogP contribution in [0.5, 0.6) is 0 Å². The van der Waals surface area contributed by atoms with Crippen LogP contribution in [0.3, 0.4) is 0 Å². The number of hydrogen-bond donors (Lipinski definition) is 1. The van der Waals surface area contributed by atoms with Gasteiger partial charge in [-0.05, 0) is 0 Å². The van der Waals surface area contributed by atoms with Crippen molar-refractivity contribution in [3.8, 4) is 12.3 Å². The lowest BCUT2D eigenvalue weighted by Gasteiger charge is -2.26. The Morgan fingerprint density at radius 2 is 2.21 bits per heavy atom. The van der Waals surface area contributed by atoms with Crippen molar-refractivity contribution in [2.24, 2.45) is 0 Å². The van der Waals surface area contributed by atoms with E-state index in [1.165, 1.54) is 0 Å². The topological polar surface area (TPSA) is 41.6 Å². The summed E-state index contributed by atoms with van der Waals surface area (Å²) in [4.78, 5) is 13.3. The number of morpholine rings is 1. The molecule has 78 valence electrons. The van der Waals surface area contributed by atoms with E-state index in [2.05, 4.69) is 11.2 Å². The van der Waals surface area contributed by atoms with Crippen LogP contribution < -0.4 is 5.32 Å². The maximum Gasteiger partial charge on any atom is 0.236 e. The smallest absolute Gasteiger partial charge is 0.236 e. The van der Waals surface area contributed by atoms with Gasteiger partial charge in [0, 0.05) is 26.1 Å². The van der Waals surface area contributed by atoms with Crippen LogP contribution in [0.4, 0.5) is 0 Å². The molecule has 1 heterocycles. The van der Waals surface area contributed by atoms with E-state index in [4.69, 9.17) is 11.2 Å². The van der Waals surface area contributed by atoms with Crippen molar-refractivity contribution in [1.82, 2.24) is 10.2 Å². The Bertz CT molecular complexity index is 217. The molecule has 1 rings (SSSR count). The van der Waals surface area contributed by atoms with Gasteiger partial charge < -0.3 is 15.0 Å². The molecule has 14 heavy (non-hydrogen) atoms. The van der Waals surface area contributed by atoms with Crippen LogP contribution in [0.15, 0.2) is 0 Å². The Labute approximate surface area is 84.6 Å². The largest absolute Gasteiger partial charge is 0.378 e. The number of carbonyl (C=O) groups is 1. The van der Waals surface area contributed by atoms with Crippen LogP contribution in [0.2, 0.25) is 0 Å². The lowest BCUT2D eigenvalue weighted by Crippen LogP contribution is -2.44. The van der Waals surface area contributed by atoms with Gasteiger partial charge in [-0.15, -0.1) is 12.3 Å². The Kier molecular flexibility index (Phi) is 5.05. The summed E-state index contributed by atoms with van der Waals surface area (Å²) in [6.07, 6.45) is 5.75. The highest BCUT2D eigenvalue weighted by molar-refractivity contribution is 5.78. The van der Waals surface area contributed by atoms with Gasteiger partial charge in [0.1, 0.15) is 0 Å². The number of nitrogens with zero attached hydrogens (tertiary/aromatic N) is 1. The summed E-state index contributed by atoms with van der Waals surface area (Å²) in [6.45, 7) is 3.78. The molecular formula is C10H16N2O2. The van der Waals surface area contributed by atoms with Gasteiger partial charge >= 0.3 is 0 Å². The van der Waals surface area contributed by atoms with Gasteiger partial charge in [-0.3, -0.25) is 4.79 Å². The Hall–Kier alpha value is -1.05. The number of nitrogens with one attached hydrogen (secondary N) is 1. The number of rotatable bonds is 4. The quantitative estimate of drug-likeness (QED) is 0.485. The van der Waals surface area contributed by atoms with E-state index in [1.807, 2.05) is 4.90 Å². The Morgan fingerprint density at radius 1 is 1.50 bits per heavy atom. The van der Waals surface area contributed by atoms with Gasteiger partial charge in [0.05, 0.1) is 19.8 Å². The van der Waals surface area contributed by atoms with Crippen LogP contribution >= 0.6 is 0 Å². The SMILES string of the molecule is C#CCCNCC(=O)N1CCOCC1. The van der Waals surface area contributed by atoms with E-state index in [0.29, 0.717) is 45.8 Å². The molecule has 0 aliphatic carbocycles. The van der Waals surface area contributed by atoms with Crippen LogP contribution in [0.25, 0.3) is 0 Å². The van der Waals surface area contributed by atoms with Gasteiger partial charge in [0.2, 0.25) is 5.91 Å². The van der Waals surface area contributed by atoms with E-state index in [1.54, 1.807) is 0 Å². The van der Waals surface area contributed by atoms with E-state index < -0.39 is 0 Å². The summed E-state index contributed by atoms with van der Waals surface area (Å²) in [6, 6.07) is 0. The average molecular weight is 196 g/mol. The fraction of sp³-hybridized carbons (Fsp3) is 0.700. The molecule has 4 heteroatoms. The maximum absolute atomic E-state index is 11.5. The van der Waals surface area contributed by atoms with Gasteiger partial charge in [0.15, 0.2) is 0 Å². The molecular weight excluding hydrogens is 180 g/mol. The molecule has 0 aromatic rings. The Morgan fingerprint density at radius 3 is 2.86 bits per heavy atom. The predicted molar refractivity (Wildman–Crippen MR) is 53.7 cm³/mol. The first-order chi connectivity index (χ1) is 6.84. The summed E-state index contributed by atoms with van der Waals surface area (Å²) < 4.78 is 5.15. The minimum atomic E-state index is 0.130. The lowest BCUT2D eigenvalue weighted by atomic mass is 10.4. The van der Waals surface area contributed by atoms with Crippen molar-refractivity contribution in [1.29, 1.82) is 0 Å². The number of amides is 1. The highest BCUT2D eigenvalue weighted by Crippen LogP contribution is 1.96. The van der Waals surface area contributed by atoms with E-state index in [0.717, 1.165) is 0 Å². The minimum Gasteiger partial charge on any atom is -0.378 e. The van der Waals surface area contributed by atoms with Crippen molar-refractivity contribution >= 4 is 5.91 Å². The zero-order valence-corrected chi connectivity index (χ0v) is 8.29. The molecule has 4 nitrogen and oxygen atoms in total. The molecule has 1 N–H and O–H groups in total. The number of hydrogen-bond acceptors (Lipinski definition) is 3. The summed E-state index contributed by atoms with van der Waals surface area (Å²) in [5, 5.41) is 3.01. The molecule has 0 radical (unpaired) electrons. The number of terminal acetylenes is 1. The van der Waals surface area contributed by atoms with Gasteiger partial charge in [-0.25, -0.2) is 0 Å². The van der Waals surface area contributed by atoms with Crippen molar-refractivity contribution < 1.29 is 9.53 Å². The van der Waals surface area contributed by atoms with Crippen molar-refractivity contribution in [2.75, 3.05) is 39.4 Å². The minimum absolute atomic E-state index is 0.130. The third-order valence-electron chi connectivity index (χ3n) is 2.09. The van der Waals surface area contributed by atoms with Gasteiger partial charge in [-0.2, -0.15) is 0 Å². The molecule has 0 spiro atoms. The summed E-state index contributed by atoms with van der Waals surface area (Å²) in [7, 11) is 0. The van der Waals surface area contributed by atoms with Crippen molar-refractivity contribution in [3.05, 3.63) is 0 Å². The molecule has 0 bridgehead atoms. The molecule has 0 aromatic carbocycles. The van der Waals surface area contributed by atoms with Crippen molar-refractivity contribution in [2.45, 2.75) is 6.42 Å². The maximum atomic E-state index is 11.5. The van der Waals surface area contributed by atoms with E-state index >= 15 is 0 Å². The molecule has 1 aliphatic rings. The summed E-state index contributed by atoms with van der Waals surface area (Å²) in [5.41, 5.74) is 0. The molecule has 0 saturated carbocycles. The fourth-order valence-corrected chi connectivity index (χ4v) is 1.28. The lowest BCUT2D eigenvalue weighted by molar-refractivity contribution is -0.134. The first-order valence-corrected chi connectivity index (χ1v) is 4.84. The second-order valence-electron chi connectivity index (χ2n) is 3.12. The zero-order chi connectivity index (χ0) is 10.2. The summed E-state index contributed by atoms with van der Waals surface area (Å²) >= 11 is 0. The van der Waals surface area contributed by atoms with E-state index in [9.17, 15) is 4.79 Å². The highest BCUT2D eigenvalue weighted by atomic mass is 16.5.